The number of nitro groups is 1. The van der Waals surface area contributed by atoms with Gasteiger partial charge in [0.15, 0.2) is 18.6 Å². The standard InChI is InChI=1S/C17H15F3NO.C16H15N2O3.C16H22NO.C11H14NO/c1-11-7-12(2)16-15(8-11)21(10-22-16)9-13-3-5-14(6-4-13)17(18,19)20;1-11-7-12(2)16-15(8-11)17(10-21-16)9-13-3-5-14(6-4-13)18(19)20;1-12-8-13(2)16-15(9-12)17(11-18-16)10-14-6-4-3-5-7-14;1-4-12-7-13-11-9(3)5-8(2)6-10(11)12/h3-9H,10H2,1-2H3;3-9H,10H2,1-2H3;8-10,14H,3-7,11H2,1-2H3;4-6H,7H2,1-3H3/q4*+1/b21-9-;17-9-;17-10-;12-4-. The fourth-order valence-electron chi connectivity index (χ4n) is 10.0. The number of nitrogens with zero attached hydrogens (tertiary/aromatic N) is 5. The van der Waals surface area contributed by atoms with E-state index in [0.29, 0.717) is 32.5 Å². The van der Waals surface area contributed by atoms with Crippen molar-refractivity contribution in [3.63, 3.8) is 0 Å². The Morgan fingerprint density at radius 1 is 0.514 bits per heavy atom. The molecule has 11 nitrogen and oxygen atoms in total. The Kier molecular flexibility index (Phi) is 16.1. The predicted molar refractivity (Wildman–Crippen MR) is 285 cm³/mol. The van der Waals surface area contributed by atoms with Crippen LogP contribution in [0.15, 0.2) is 97.1 Å². The van der Waals surface area contributed by atoms with Gasteiger partial charge in [-0.15, -0.1) is 0 Å². The molecule has 1 fully saturated rings. The molecule has 0 bridgehead atoms. The van der Waals surface area contributed by atoms with Crippen LogP contribution in [0.5, 0.6) is 23.0 Å². The molecule has 0 radical (unpaired) electrons. The largest absolute Gasteiger partial charge is 0.429 e. The summed E-state index contributed by atoms with van der Waals surface area (Å²) in [5, 5.41) is 10.7. The van der Waals surface area contributed by atoms with E-state index < -0.39 is 16.7 Å². The van der Waals surface area contributed by atoms with Crippen molar-refractivity contribution in [3.05, 3.63) is 168 Å². The number of rotatable bonds is 4. The van der Waals surface area contributed by atoms with E-state index >= 15 is 0 Å². The minimum atomic E-state index is -4.31. The summed E-state index contributed by atoms with van der Waals surface area (Å²) in [6, 6.07) is 28.6. The van der Waals surface area contributed by atoms with E-state index in [1.807, 2.05) is 61.4 Å². The second-order valence-electron chi connectivity index (χ2n) is 19.7. The third kappa shape index (κ3) is 12.4. The first-order valence-corrected chi connectivity index (χ1v) is 25.1. The van der Waals surface area contributed by atoms with Crippen LogP contribution in [0.1, 0.15) is 100 Å². The monoisotopic (exact) mass is 1010 g/mol. The highest BCUT2D eigenvalue weighted by atomic mass is 19.4. The van der Waals surface area contributed by atoms with E-state index in [2.05, 4.69) is 86.4 Å². The van der Waals surface area contributed by atoms with E-state index in [-0.39, 0.29) is 5.69 Å². The lowest BCUT2D eigenvalue weighted by Gasteiger charge is -2.15. The van der Waals surface area contributed by atoms with E-state index in [4.69, 9.17) is 18.9 Å². The minimum Gasteiger partial charge on any atom is -0.429 e. The van der Waals surface area contributed by atoms with Crippen molar-refractivity contribution in [2.45, 2.75) is 101 Å². The molecule has 11 rings (SSSR count). The van der Waals surface area contributed by atoms with Crippen LogP contribution in [-0.2, 0) is 6.18 Å². The van der Waals surface area contributed by atoms with E-state index in [9.17, 15) is 23.3 Å². The van der Waals surface area contributed by atoms with Gasteiger partial charge < -0.3 is 18.9 Å². The molecule has 0 saturated heterocycles. The highest BCUT2D eigenvalue weighted by Gasteiger charge is 2.32. The molecular weight excluding hydrogens is 944 g/mol. The first-order chi connectivity index (χ1) is 35.3. The number of fused-ring (bicyclic) bond motifs is 4. The Bertz CT molecular complexity index is 3210. The quantitative estimate of drug-likeness (QED) is 0.0992. The van der Waals surface area contributed by atoms with Gasteiger partial charge >= 0.3 is 6.18 Å². The van der Waals surface area contributed by atoms with Gasteiger partial charge in [-0.3, -0.25) is 10.1 Å². The second kappa shape index (κ2) is 22.7. The van der Waals surface area contributed by atoms with Crippen LogP contribution >= 0.6 is 0 Å². The molecule has 74 heavy (non-hydrogen) atoms. The maximum Gasteiger partial charge on any atom is 0.416 e. The van der Waals surface area contributed by atoms with Crippen LogP contribution in [0.4, 0.5) is 41.6 Å². The van der Waals surface area contributed by atoms with Crippen LogP contribution in [0, 0.1) is 71.4 Å². The number of hydrogen-bond donors (Lipinski definition) is 0. The minimum absolute atomic E-state index is 0.0944. The Balaban J connectivity index is 0.000000133. The topological polar surface area (TPSA) is 92.1 Å². The number of non-ortho nitro benzene ring substituents is 1. The van der Waals surface area contributed by atoms with E-state index in [0.717, 1.165) is 74.7 Å². The molecule has 6 aromatic rings. The summed E-state index contributed by atoms with van der Waals surface area (Å²) in [5.74, 6) is 4.58. The molecular formula is C60H66F3N5O6+4. The van der Waals surface area contributed by atoms with Gasteiger partial charge in [-0.2, -0.15) is 31.5 Å². The van der Waals surface area contributed by atoms with Crippen molar-refractivity contribution in [1.29, 1.82) is 0 Å². The number of halogens is 3. The predicted octanol–water partition coefficient (Wildman–Crippen LogP) is 14.1. The van der Waals surface area contributed by atoms with Crippen molar-refractivity contribution in [2.75, 3.05) is 26.9 Å². The zero-order valence-corrected chi connectivity index (χ0v) is 43.8. The third-order valence-electron chi connectivity index (χ3n) is 13.5. The highest BCUT2D eigenvalue weighted by molar-refractivity contribution is 5.78. The molecule has 4 heterocycles. The lowest BCUT2D eigenvalue weighted by atomic mass is 9.90. The molecule has 384 valence electrons. The fraction of sp³-hybridized carbons (Fsp3) is 0.333. The Hall–Kier alpha value is -7.61. The molecule has 6 aromatic carbocycles. The SMILES string of the molecule is C/C=[N+]1/COc2c(C)cc(C)cc21.Cc1cc(C)c2c(c1)/[N+](=C\C1CCCCC1)CO2.Cc1cc(C)c2c(c1)/[N+](=C\c1ccc(C(F)(F)F)cc1)CO2.Cc1cc(C)c2c(c1)/[N+](=C\c1ccc([N+](=O)[O-])cc1)CO2. The summed E-state index contributed by atoms with van der Waals surface area (Å²) in [6.07, 6.45) is 10.7. The molecule has 5 aliphatic rings. The van der Waals surface area contributed by atoms with Gasteiger partial charge in [-0.05, 0) is 149 Å². The van der Waals surface area contributed by atoms with Crippen LogP contribution in [0.25, 0.3) is 0 Å². The average Bonchev–Trinajstić information content (AvgIpc) is 4.16. The lowest BCUT2D eigenvalue weighted by molar-refractivity contribution is -0.455. The molecule has 1 saturated carbocycles. The van der Waals surface area contributed by atoms with Crippen LogP contribution < -0.4 is 18.9 Å². The number of alkyl halides is 3. The van der Waals surface area contributed by atoms with Gasteiger partial charge in [0.25, 0.3) is 55.4 Å². The van der Waals surface area contributed by atoms with Gasteiger partial charge in [-0.25, -0.2) is 0 Å². The summed E-state index contributed by atoms with van der Waals surface area (Å²) in [4.78, 5) is 10.3. The first kappa shape index (κ1) is 52.7. The molecule has 0 unspecified atom stereocenters. The van der Waals surface area contributed by atoms with E-state index in [1.54, 1.807) is 18.3 Å². The summed E-state index contributed by atoms with van der Waals surface area (Å²) in [6.45, 7) is 20.7. The summed E-state index contributed by atoms with van der Waals surface area (Å²) in [5.41, 5.74) is 15.0. The average molecular weight is 1010 g/mol. The van der Waals surface area contributed by atoms with Crippen molar-refractivity contribution in [3.8, 4) is 23.0 Å². The summed E-state index contributed by atoms with van der Waals surface area (Å²) in [7, 11) is 0. The molecule has 0 aromatic heterocycles. The van der Waals surface area contributed by atoms with Gasteiger partial charge in [0.05, 0.1) is 10.5 Å². The van der Waals surface area contributed by atoms with Crippen molar-refractivity contribution < 1.29 is 55.3 Å². The summed E-state index contributed by atoms with van der Waals surface area (Å²) >= 11 is 0. The van der Waals surface area contributed by atoms with Crippen LogP contribution in [0.3, 0.4) is 0 Å². The zero-order chi connectivity index (χ0) is 52.8. The van der Waals surface area contributed by atoms with Gasteiger partial charge in [-0.1, -0.05) is 43.5 Å². The number of hydrogen-bond acceptors (Lipinski definition) is 6. The highest BCUT2D eigenvalue weighted by Crippen LogP contribution is 2.40. The lowest BCUT2D eigenvalue weighted by Crippen LogP contribution is -2.15. The Morgan fingerprint density at radius 2 is 0.865 bits per heavy atom. The van der Waals surface area contributed by atoms with Gasteiger partial charge in [0.1, 0.15) is 6.21 Å². The van der Waals surface area contributed by atoms with Crippen molar-refractivity contribution in [2.24, 2.45) is 5.92 Å². The zero-order valence-electron chi connectivity index (χ0n) is 43.8. The molecule has 0 amide bonds. The van der Waals surface area contributed by atoms with Crippen molar-refractivity contribution in [1.82, 2.24) is 0 Å². The molecule has 0 N–H and O–H groups in total. The maximum atomic E-state index is 12.6. The Labute approximate surface area is 431 Å². The molecule has 4 aliphatic heterocycles. The third-order valence-corrected chi connectivity index (χ3v) is 13.5. The molecule has 14 heteroatoms. The number of ether oxygens (including phenoxy) is 4. The normalized spacial score (nSPS) is 17.3. The number of benzene rings is 6. The number of aryl methyl sites for hydroxylation is 8. The Morgan fingerprint density at radius 3 is 1.24 bits per heavy atom. The summed E-state index contributed by atoms with van der Waals surface area (Å²) < 4.78 is 68.8. The fourth-order valence-corrected chi connectivity index (χ4v) is 10.0. The van der Waals surface area contributed by atoms with Crippen LogP contribution in [0.2, 0.25) is 0 Å². The second-order valence-corrected chi connectivity index (χ2v) is 19.7. The number of nitro benzene ring substituents is 1. The smallest absolute Gasteiger partial charge is 0.416 e. The van der Waals surface area contributed by atoms with Gasteiger partial charge in [0.2, 0.25) is 23.0 Å². The van der Waals surface area contributed by atoms with Gasteiger partial charge in [0, 0.05) is 60.4 Å². The molecule has 0 spiro atoms. The first-order valence-electron chi connectivity index (χ1n) is 25.1. The van der Waals surface area contributed by atoms with Crippen molar-refractivity contribution >= 4 is 53.3 Å². The molecule has 1 aliphatic carbocycles. The van der Waals surface area contributed by atoms with E-state index in [1.165, 1.54) is 95.6 Å². The molecule has 0 atom stereocenters. The maximum absolute atomic E-state index is 12.6. The van der Waals surface area contributed by atoms with Crippen LogP contribution in [-0.4, -0.2) is 75.0 Å².